The molecule has 0 amide bonds. The molecule has 1 rings (SSSR count). The average molecular weight is 199 g/mol. The SMILES string of the molecule is C=CCC(N)CSC1CCCCC1. The third-order valence-electron chi connectivity index (χ3n) is 2.57. The average Bonchev–Trinajstić information content (AvgIpc) is 2.17. The Bertz CT molecular complexity index is 141. The molecular formula is C11H21NS. The molecule has 0 spiro atoms. The first-order chi connectivity index (χ1) is 6.33. The number of hydrogen-bond acceptors (Lipinski definition) is 2. The van der Waals surface area contributed by atoms with Gasteiger partial charge in [0.05, 0.1) is 0 Å². The number of nitrogens with two attached hydrogens (primary N) is 1. The lowest BCUT2D eigenvalue weighted by Crippen LogP contribution is -2.23. The molecule has 0 bridgehead atoms. The van der Waals surface area contributed by atoms with Crippen LogP contribution in [0.4, 0.5) is 0 Å². The second-order valence-corrected chi connectivity index (χ2v) is 5.21. The van der Waals surface area contributed by atoms with Crippen LogP contribution >= 0.6 is 11.8 Å². The molecule has 1 aliphatic rings. The third-order valence-corrected chi connectivity index (χ3v) is 4.13. The highest BCUT2D eigenvalue weighted by atomic mass is 32.2. The number of hydrogen-bond donors (Lipinski definition) is 1. The van der Waals surface area contributed by atoms with Crippen molar-refractivity contribution in [2.75, 3.05) is 5.75 Å². The molecule has 2 N–H and O–H groups in total. The Morgan fingerprint density at radius 2 is 2.08 bits per heavy atom. The van der Waals surface area contributed by atoms with Crippen LogP contribution in [0.2, 0.25) is 0 Å². The van der Waals surface area contributed by atoms with Gasteiger partial charge >= 0.3 is 0 Å². The molecular weight excluding hydrogens is 178 g/mol. The molecule has 0 aromatic rings. The van der Waals surface area contributed by atoms with E-state index in [1.807, 2.05) is 6.08 Å². The summed E-state index contributed by atoms with van der Waals surface area (Å²) in [5.41, 5.74) is 5.91. The van der Waals surface area contributed by atoms with Crippen LogP contribution < -0.4 is 5.73 Å². The predicted octanol–water partition coefficient (Wildman–Crippen LogP) is 2.96. The molecule has 0 aliphatic heterocycles. The molecule has 1 aliphatic carbocycles. The zero-order valence-electron chi connectivity index (χ0n) is 8.37. The van der Waals surface area contributed by atoms with Gasteiger partial charge in [0.15, 0.2) is 0 Å². The third kappa shape index (κ3) is 4.72. The molecule has 1 unspecified atom stereocenters. The second kappa shape index (κ2) is 6.50. The van der Waals surface area contributed by atoms with Crippen molar-refractivity contribution in [3.63, 3.8) is 0 Å². The molecule has 1 fully saturated rings. The van der Waals surface area contributed by atoms with Crippen LogP contribution in [0, 0.1) is 0 Å². The Labute approximate surface area is 86.2 Å². The van der Waals surface area contributed by atoms with E-state index in [9.17, 15) is 0 Å². The van der Waals surface area contributed by atoms with Gasteiger partial charge in [0.1, 0.15) is 0 Å². The summed E-state index contributed by atoms with van der Waals surface area (Å²) in [4.78, 5) is 0. The smallest absolute Gasteiger partial charge is 0.0165 e. The summed E-state index contributed by atoms with van der Waals surface area (Å²) in [7, 11) is 0. The van der Waals surface area contributed by atoms with Crippen molar-refractivity contribution in [2.24, 2.45) is 5.73 Å². The molecule has 0 radical (unpaired) electrons. The second-order valence-electron chi connectivity index (χ2n) is 3.88. The van der Waals surface area contributed by atoms with Crippen LogP contribution in [0.25, 0.3) is 0 Å². The predicted molar refractivity (Wildman–Crippen MR) is 62.1 cm³/mol. The van der Waals surface area contributed by atoms with E-state index in [4.69, 9.17) is 5.73 Å². The molecule has 0 saturated heterocycles. The lowest BCUT2D eigenvalue weighted by Gasteiger charge is -2.22. The normalized spacial score (nSPS) is 21.3. The number of rotatable bonds is 5. The van der Waals surface area contributed by atoms with Crippen molar-refractivity contribution >= 4 is 11.8 Å². The van der Waals surface area contributed by atoms with Gasteiger partial charge < -0.3 is 5.73 Å². The minimum atomic E-state index is 0.324. The molecule has 76 valence electrons. The Morgan fingerprint density at radius 1 is 1.38 bits per heavy atom. The fraction of sp³-hybridized carbons (Fsp3) is 0.818. The van der Waals surface area contributed by atoms with Crippen LogP contribution in [0.3, 0.4) is 0 Å². The maximum absolute atomic E-state index is 5.91. The van der Waals surface area contributed by atoms with Crippen LogP contribution in [0.15, 0.2) is 12.7 Å². The standard InChI is InChI=1S/C11H21NS/c1-2-6-10(12)9-13-11-7-4-3-5-8-11/h2,10-11H,1,3-9,12H2. The maximum atomic E-state index is 5.91. The summed E-state index contributed by atoms with van der Waals surface area (Å²) in [6.45, 7) is 3.71. The molecule has 1 atom stereocenters. The fourth-order valence-electron chi connectivity index (χ4n) is 1.77. The Kier molecular flexibility index (Phi) is 5.56. The summed E-state index contributed by atoms with van der Waals surface area (Å²) in [6, 6.07) is 0.324. The van der Waals surface area contributed by atoms with Gasteiger partial charge in [0, 0.05) is 17.0 Å². The van der Waals surface area contributed by atoms with Crippen molar-refractivity contribution in [3.05, 3.63) is 12.7 Å². The molecule has 13 heavy (non-hydrogen) atoms. The monoisotopic (exact) mass is 199 g/mol. The molecule has 0 aromatic carbocycles. The van der Waals surface area contributed by atoms with E-state index < -0.39 is 0 Å². The summed E-state index contributed by atoms with van der Waals surface area (Å²) < 4.78 is 0. The highest BCUT2D eigenvalue weighted by Gasteiger charge is 2.14. The number of thioether (sulfide) groups is 1. The van der Waals surface area contributed by atoms with Gasteiger partial charge in [-0.15, -0.1) is 6.58 Å². The zero-order chi connectivity index (χ0) is 9.52. The van der Waals surface area contributed by atoms with E-state index in [2.05, 4.69) is 18.3 Å². The van der Waals surface area contributed by atoms with Gasteiger partial charge in [-0.05, 0) is 19.3 Å². The van der Waals surface area contributed by atoms with Gasteiger partial charge in [-0.1, -0.05) is 25.3 Å². The van der Waals surface area contributed by atoms with Crippen molar-refractivity contribution in [1.82, 2.24) is 0 Å². The van der Waals surface area contributed by atoms with Crippen LogP contribution in [-0.4, -0.2) is 17.0 Å². The fourth-order valence-corrected chi connectivity index (χ4v) is 3.10. The quantitative estimate of drug-likeness (QED) is 0.689. The summed E-state index contributed by atoms with van der Waals surface area (Å²) in [5.74, 6) is 1.11. The molecule has 0 heterocycles. The first kappa shape index (κ1) is 11.1. The summed E-state index contributed by atoms with van der Waals surface area (Å²) in [5, 5.41) is 0.893. The van der Waals surface area contributed by atoms with E-state index in [0.717, 1.165) is 17.4 Å². The van der Waals surface area contributed by atoms with Crippen molar-refractivity contribution in [1.29, 1.82) is 0 Å². The van der Waals surface area contributed by atoms with Crippen molar-refractivity contribution in [2.45, 2.75) is 49.8 Å². The summed E-state index contributed by atoms with van der Waals surface area (Å²) in [6.07, 6.45) is 9.99. The van der Waals surface area contributed by atoms with Crippen LogP contribution in [-0.2, 0) is 0 Å². The minimum absolute atomic E-state index is 0.324. The van der Waals surface area contributed by atoms with Crippen LogP contribution in [0.1, 0.15) is 38.5 Å². The van der Waals surface area contributed by atoms with Crippen LogP contribution in [0.5, 0.6) is 0 Å². The van der Waals surface area contributed by atoms with Gasteiger partial charge in [0.2, 0.25) is 0 Å². The molecule has 0 aromatic heterocycles. The van der Waals surface area contributed by atoms with Gasteiger partial charge in [-0.3, -0.25) is 0 Å². The van der Waals surface area contributed by atoms with E-state index in [0.29, 0.717) is 6.04 Å². The Hall–Kier alpha value is 0.0500. The maximum Gasteiger partial charge on any atom is 0.0165 e. The van der Waals surface area contributed by atoms with Gasteiger partial charge in [-0.25, -0.2) is 0 Å². The van der Waals surface area contributed by atoms with Gasteiger partial charge in [-0.2, -0.15) is 11.8 Å². The van der Waals surface area contributed by atoms with E-state index in [1.165, 1.54) is 32.1 Å². The zero-order valence-corrected chi connectivity index (χ0v) is 9.19. The topological polar surface area (TPSA) is 26.0 Å². The first-order valence-electron chi connectivity index (χ1n) is 5.31. The molecule has 2 heteroatoms. The minimum Gasteiger partial charge on any atom is -0.327 e. The van der Waals surface area contributed by atoms with E-state index >= 15 is 0 Å². The van der Waals surface area contributed by atoms with Crippen molar-refractivity contribution in [3.8, 4) is 0 Å². The Morgan fingerprint density at radius 3 is 2.69 bits per heavy atom. The summed E-state index contributed by atoms with van der Waals surface area (Å²) >= 11 is 2.07. The first-order valence-corrected chi connectivity index (χ1v) is 6.36. The van der Waals surface area contributed by atoms with E-state index in [-0.39, 0.29) is 0 Å². The molecule has 1 nitrogen and oxygen atoms in total. The Balaban J connectivity index is 2.06. The lowest BCUT2D eigenvalue weighted by atomic mass is 10.0. The highest BCUT2D eigenvalue weighted by Crippen LogP contribution is 2.28. The largest absolute Gasteiger partial charge is 0.327 e. The highest BCUT2D eigenvalue weighted by molar-refractivity contribution is 7.99. The molecule has 1 saturated carbocycles. The van der Waals surface area contributed by atoms with Gasteiger partial charge in [0.25, 0.3) is 0 Å². The lowest BCUT2D eigenvalue weighted by molar-refractivity contribution is 0.515. The van der Waals surface area contributed by atoms with Crippen molar-refractivity contribution < 1.29 is 0 Å². The van der Waals surface area contributed by atoms with E-state index in [1.54, 1.807) is 0 Å².